The van der Waals surface area contributed by atoms with Gasteiger partial charge in [-0.05, 0) is 12.5 Å². The SMILES string of the molecule is CCC/C=C/COc1cccc([N+](=O)[O-])c1. The van der Waals surface area contributed by atoms with Crippen molar-refractivity contribution in [2.75, 3.05) is 6.61 Å². The summed E-state index contributed by atoms with van der Waals surface area (Å²) in [4.78, 5) is 10.1. The molecule has 0 aliphatic carbocycles. The minimum atomic E-state index is -0.431. The van der Waals surface area contributed by atoms with E-state index in [0.29, 0.717) is 12.4 Å². The highest BCUT2D eigenvalue weighted by molar-refractivity contribution is 5.37. The van der Waals surface area contributed by atoms with Crippen LogP contribution in [0.3, 0.4) is 0 Å². The molecule has 4 heteroatoms. The lowest BCUT2D eigenvalue weighted by atomic mass is 10.3. The van der Waals surface area contributed by atoms with Gasteiger partial charge in [0.25, 0.3) is 5.69 Å². The number of nitro benzene ring substituents is 1. The van der Waals surface area contributed by atoms with Gasteiger partial charge < -0.3 is 4.74 Å². The predicted octanol–water partition coefficient (Wildman–Crippen LogP) is 3.33. The second-order valence-corrected chi connectivity index (χ2v) is 3.33. The molecule has 86 valence electrons. The lowest BCUT2D eigenvalue weighted by Gasteiger charge is -2.02. The van der Waals surface area contributed by atoms with Crippen LogP contribution in [0.1, 0.15) is 19.8 Å². The smallest absolute Gasteiger partial charge is 0.273 e. The Hall–Kier alpha value is -1.84. The molecule has 0 atom stereocenters. The Bertz CT molecular complexity index is 374. The summed E-state index contributed by atoms with van der Waals surface area (Å²) in [5.41, 5.74) is 0.0510. The van der Waals surface area contributed by atoms with Crippen LogP contribution in [0.15, 0.2) is 36.4 Å². The van der Waals surface area contributed by atoms with E-state index in [1.54, 1.807) is 12.1 Å². The summed E-state index contributed by atoms with van der Waals surface area (Å²) in [5.74, 6) is 0.523. The Morgan fingerprint density at radius 3 is 2.94 bits per heavy atom. The number of ether oxygens (including phenoxy) is 1. The van der Waals surface area contributed by atoms with Gasteiger partial charge in [0.1, 0.15) is 12.4 Å². The molecule has 0 aliphatic heterocycles. The van der Waals surface area contributed by atoms with Crippen LogP contribution < -0.4 is 4.74 Å². The fraction of sp³-hybridized carbons (Fsp3) is 0.333. The second-order valence-electron chi connectivity index (χ2n) is 3.33. The van der Waals surface area contributed by atoms with Gasteiger partial charge in [-0.15, -0.1) is 0 Å². The van der Waals surface area contributed by atoms with Crippen LogP contribution in [-0.2, 0) is 0 Å². The molecule has 1 aromatic rings. The Kier molecular flexibility index (Phi) is 5.05. The molecule has 0 aromatic heterocycles. The quantitative estimate of drug-likeness (QED) is 0.420. The molecule has 0 radical (unpaired) electrons. The van der Waals surface area contributed by atoms with Crippen LogP contribution in [0.25, 0.3) is 0 Å². The number of allylic oxidation sites excluding steroid dienone is 1. The third-order valence-electron chi connectivity index (χ3n) is 2.00. The summed E-state index contributed by atoms with van der Waals surface area (Å²) in [6.07, 6.45) is 6.09. The fourth-order valence-electron chi connectivity index (χ4n) is 1.18. The van der Waals surface area contributed by atoms with Crippen molar-refractivity contribution in [2.45, 2.75) is 19.8 Å². The van der Waals surface area contributed by atoms with Crippen molar-refractivity contribution in [1.29, 1.82) is 0 Å². The van der Waals surface area contributed by atoms with Crippen molar-refractivity contribution in [2.24, 2.45) is 0 Å². The van der Waals surface area contributed by atoms with Crippen LogP contribution >= 0.6 is 0 Å². The van der Waals surface area contributed by atoms with Gasteiger partial charge in [-0.1, -0.05) is 31.6 Å². The number of hydrogen-bond donors (Lipinski definition) is 0. The molecule has 0 saturated carbocycles. The molecule has 0 unspecified atom stereocenters. The first-order chi connectivity index (χ1) is 7.74. The molecule has 0 spiro atoms. The van der Waals surface area contributed by atoms with Crippen molar-refractivity contribution >= 4 is 5.69 Å². The Balaban J connectivity index is 2.48. The third-order valence-corrected chi connectivity index (χ3v) is 2.00. The predicted molar refractivity (Wildman–Crippen MR) is 62.6 cm³/mol. The molecular weight excluding hydrogens is 206 g/mol. The van der Waals surface area contributed by atoms with Gasteiger partial charge in [0, 0.05) is 6.07 Å². The van der Waals surface area contributed by atoms with Crippen molar-refractivity contribution in [1.82, 2.24) is 0 Å². The van der Waals surface area contributed by atoms with E-state index in [1.165, 1.54) is 12.1 Å². The molecule has 1 rings (SSSR count). The molecule has 1 aromatic carbocycles. The Morgan fingerprint density at radius 1 is 1.44 bits per heavy atom. The molecule has 0 fully saturated rings. The average Bonchev–Trinajstić information content (AvgIpc) is 2.29. The van der Waals surface area contributed by atoms with E-state index in [2.05, 4.69) is 6.92 Å². The first kappa shape index (κ1) is 12.2. The number of nitro groups is 1. The van der Waals surface area contributed by atoms with Crippen LogP contribution in [0.2, 0.25) is 0 Å². The van der Waals surface area contributed by atoms with E-state index in [4.69, 9.17) is 4.74 Å². The van der Waals surface area contributed by atoms with E-state index in [0.717, 1.165) is 12.8 Å². The monoisotopic (exact) mass is 221 g/mol. The van der Waals surface area contributed by atoms with Crippen LogP contribution in [0.5, 0.6) is 5.75 Å². The van der Waals surface area contributed by atoms with Gasteiger partial charge in [0.05, 0.1) is 11.0 Å². The molecule has 0 N–H and O–H groups in total. The summed E-state index contributed by atoms with van der Waals surface area (Å²) in [5, 5.41) is 10.5. The lowest BCUT2D eigenvalue weighted by molar-refractivity contribution is -0.384. The number of unbranched alkanes of at least 4 members (excludes halogenated alkanes) is 1. The van der Waals surface area contributed by atoms with Gasteiger partial charge in [-0.2, -0.15) is 0 Å². The standard InChI is InChI=1S/C12H15NO3/c1-2-3-4-5-9-16-12-8-6-7-11(10-12)13(14)15/h4-8,10H,2-3,9H2,1H3/b5-4+. The zero-order chi connectivity index (χ0) is 11.8. The van der Waals surface area contributed by atoms with E-state index in [1.807, 2.05) is 12.2 Å². The van der Waals surface area contributed by atoms with Crippen LogP contribution in [0.4, 0.5) is 5.69 Å². The number of benzene rings is 1. The summed E-state index contributed by atoms with van der Waals surface area (Å²) < 4.78 is 5.35. The molecule has 0 bridgehead atoms. The Morgan fingerprint density at radius 2 is 2.25 bits per heavy atom. The van der Waals surface area contributed by atoms with Crippen LogP contribution in [-0.4, -0.2) is 11.5 Å². The van der Waals surface area contributed by atoms with Crippen molar-refractivity contribution < 1.29 is 9.66 Å². The normalized spacial score (nSPS) is 10.6. The first-order valence-electron chi connectivity index (χ1n) is 5.26. The largest absolute Gasteiger partial charge is 0.489 e. The fourth-order valence-corrected chi connectivity index (χ4v) is 1.18. The minimum Gasteiger partial charge on any atom is -0.489 e. The zero-order valence-electron chi connectivity index (χ0n) is 9.26. The maximum absolute atomic E-state index is 10.5. The van der Waals surface area contributed by atoms with Gasteiger partial charge >= 0.3 is 0 Å². The number of hydrogen-bond acceptors (Lipinski definition) is 3. The maximum Gasteiger partial charge on any atom is 0.273 e. The maximum atomic E-state index is 10.5. The highest BCUT2D eigenvalue weighted by atomic mass is 16.6. The molecule has 0 heterocycles. The summed E-state index contributed by atoms with van der Waals surface area (Å²) in [7, 11) is 0. The number of nitrogens with zero attached hydrogens (tertiary/aromatic N) is 1. The lowest BCUT2D eigenvalue weighted by Crippen LogP contribution is -1.94. The summed E-state index contributed by atoms with van der Waals surface area (Å²) in [6.45, 7) is 2.55. The van der Waals surface area contributed by atoms with Gasteiger partial charge in [0.15, 0.2) is 0 Å². The summed E-state index contributed by atoms with van der Waals surface area (Å²) >= 11 is 0. The first-order valence-corrected chi connectivity index (χ1v) is 5.26. The second kappa shape index (κ2) is 6.61. The average molecular weight is 221 g/mol. The van der Waals surface area contributed by atoms with Crippen molar-refractivity contribution in [3.05, 3.63) is 46.5 Å². The summed E-state index contributed by atoms with van der Waals surface area (Å²) in [6, 6.07) is 6.19. The number of non-ortho nitro benzene ring substituents is 1. The highest BCUT2D eigenvalue weighted by Crippen LogP contribution is 2.18. The molecule has 0 aliphatic rings. The van der Waals surface area contributed by atoms with Gasteiger partial charge in [-0.3, -0.25) is 10.1 Å². The molecule has 0 saturated heterocycles. The topological polar surface area (TPSA) is 52.4 Å². The minimum absolute atomic E-state index is 0.0510. The van der Waals surface area contributed by atoms with E-state index < -0.39 is 4.92 Å². The zero-order valence-corrected chi connectivity index (χ0v) is 9.26. The molecule has 16 heavy (non-hydrogen) atoms. The van der Waals surface area contributed by atoms with E-state index in [9.17, 15) is 10.1 Å². The number of rotatable bonds is 6. The molecule has 4 nitrogen and oxygen atoms in total. The van der Waals surface area contributed by atoms with E-state index in [-0.39, 0.29) is 5.69 Å². The third kappa shape index (κ3) is 4.13. The van der Waals surface area contributed by atoms with Crippen molar-refractivity contribution in [3.63, 3.8) is 0 Å². The molecular formula is C12H15NO3. The van der Waals surface area contributed by atoms with Gasteiger partial charge in [-0.25, -0.2) is 0 Å². The van der Waals surface area contributed by atoms with Gasteiger partial charge in [0.2, 0.25) is 0 Å². The highest BCUT2D eigenvalue weighted by Gasteiger charge is 2.05. The Labute approximate surface area is 94.7 Å². The van der Waals surface area contributed by atoms with E-state index >= 15 is 0 Å². The van der Waals surface area contributed by atoms with Crippen molar-refractivity contribution in [3.8, 4) is 5.75 Å². The molecule has 0 amide bonds. The van der Waals surface area contributed by atoms with Crippen LogP contribution in [0, 0.1) is 10.1 Å².